The van der Waals surface area contributed by atoms with Gasteiger partial charge in [-0.15, -0.1) is 0 Å². The van der Waals surface area contributed by atoms with Crippen molar-refractivity contribution in [2.45, 2.75) is 24.2 Å². The predicted molar refractivity (Wildman–Crippen MR) is 101 cm³/mol. The van der Waals surface area contributed by atoms with Crippen LogP contribution in [-0.4, -0.2) is 31.3 Å². The lowest BCUT2D eigenvalue weighted by Crippen LogP contribution is -2.30. The summed E-state index contributed by atoms with van der Waals surface area (Å²) in [6, 6.07) is 11.9. The third-order valence-electron chi connectivity index (χ3n) is 4.33. The Morgan fingerprint density at radius 1 is 0.923 bits per heavy atom. The number of hydrogen-bond donors (Lipinski definition) is 3. The van der Waals surface area contributed by atoms with Crippen LogP contribution >= 0.6 is 7.60 Å². The summed E-state index contributed by atoms with van der Waals surface area (Å²) in [6.45, 7) is 1.77. The molecule has 2 aromatic carbocycles. The van der Waals surface area contributed by atoms with E-state index in [-0.39, 0.29) is 10.2 Å². The normalized spacial score (nSPS) is 15.7. The molecule has 0 aliphatic carbocycles. The Labute approximate surface area is 152 Å². The fourth-order valence-electron chi connectivity index (χ4n) is 2.99. The van der Waals surface area contributed by atoms with Crippen molar-refractivity contribution < 1.29 is 22.8 Å². The Hall–Kier alpha value is -1.86. The first kappa shape index (κ1) is 18.9. The van der Waals surface area contributed by atoms with E-state index in [1.54, 1.807) is 12.1 Å². The molecule has 0 bridgehead atoms. The van der Waals surface area contributed by atoms with E-state index < -0.39 is 17.6 Å². The lowest BCUT2D eigenvalue weighted by atomic mass is 10.1. The molecule has 7 nitrogen and oxygen atoms in total. The Kier molecular flexibility index (Phi) is 5.39. The maximum Gasteiger partial charge on any atom is 0.356 e. The molecular weight excluding hydrogens is 375 g/mol. The van der Waals surface area contributed by atoms with Crippen LogP contribution in [0.5, 0.6) is 0 Å². The summed E-state index contributed by atoms with van der Waals surface area (Å²) in [6.07, 6.45) is 3.33. The first-order valence-corrected chi connectivity index (χ1v) is 11.4. The standard InChI is InChI=1S/C17H21N2O5PS/c20-25(21,22)14-8-10-15(11-9-14)26(23,24)18-16-6-2-3-7-17(16)19-12-4-1-5-13-19/h2-3,6-11,18H,1,4-5,12-13H2,(H2,20,21,22). The second-order valence-corrected chi connectivity index (χ2v) is 9.50. The van der Waals surface area contributed by atoms with Gasteiger partial charge in [-0.3, -0.25) is 9.29 Å². The summed E-state index contributed by atoms with van der Waals surface area (Å²) < 4.78 is 39.2. The van der Waals surface area contributed by atoms with Gasteiger partial charge in [-0.05, 0) is 55.7 Å². The molecule has 0 atom stereocenters. The molecule has 0 spiro atoms. The molecule has 1 aliphatic rings. The number of sulfonamides is 1. The van der Waals surface area contributed by atoms with Crippen molar-refractivity contribution in [1.29, 1.82) is 0 Å². The molecule has 1 aliphatic heterocycles. The molecule has 0 unspecified atom stereocenters. The molecule has 0 aromatic heterocycles. The summed E-state index contributed by atoms with van der Waals surface area (Å²) in [7, 11) is -8.27. The molecule has 140 valence electrons. The minimum atomic E-state index is -4.41. The van der Waals surface area contributed by atoms with Crippen molar-refractivity contribution in [3.05, 3.63) is 48.5 Å². The first-order chi connectivity index (χ1) is 12.3. The summed E-state index contributed by atoms with van der Waals surface area (Å²) in [5, 5.41) is -0.217. The van der Waals surface area contributed by atoms with Crippen molar-refractivity contribution in [2.75, 3.05) is 22.7 Å². The van der Waals surface area contributed by atoms with Gasteiger partial charge in [0.05, 0.1) is 21.6 Å². The summed E-state index contributed by atoms with van der Waals surface area (Å²) in [5.41, 5.74) is 1.33. The van der Waals surface area contributed by atoms with Crippen LogP contribution in [0.25, 0.3) is 0 Å². The van der Waals surface area contributed by atoms with Gasteiger partial charge in [0, 0.05) is 13.1 Å². The quantitative estimate of drug-likeness (QED) is 0.670. The van der Waals surface area contributed by atoms with Gasteiger partial charge in [-0.1, -0.05) is 12.1 Å². The van der Waals surface area contributed by atoms with Gasteiger partial charge in [-0.25, -0.2) is 8.42 Å². The van der Waals surface area contributed by atoms with Crippen molar-refractivity contribution in [3.63, 3.8) is 0 Å². The Morgan fingerprint density at radius 2 is 1.54 bits per heavy atom. The second-order valence-electron chi connectivity index (χ2n) is 6.21. The second kappa shape index (κ2) is 7.40. The number of piperidine rings is 1. The van der Waals surface area contributed by atoms with Crippen LogP contribution in [0, 0.1) is 0 Å². The molecule has 1 saturated heterocycles. The summed E-state index contributed by atoms with van der Waals surface area (Å²) >= 11 is 0. The lowest BCUT2D eigenvalue weighted by Gasteiger charge is -2.30. The van der Waals surface area contributed by atoms with Crippen LogP contribution in [0.1, 0.15) is 19.3 Å². The highest BCUT2D eigenvalue weighted by Gasteiger charge is 2.21. The number of para-hydroxylation sites is 2. The van der Waals surface area contributed by atoms with E-state index in [9.17, 15) is 13.0 Å². The van der Waals surface area contributed by atoms with E-state index in [0.717, 1.165) is 43.8 Å². The number of hydrogen-bond acceptors (Lipinski definition) is 4. The Balaban J connectivity index is 1.87. The van der Waals surface area contributed by atoms with Crippen LogP contribution in [-0.2, 0) is 14.6 Å². The third-order valence-corrected chi connectivity index (χ3v) is 6.68. The van der Waals surface area contributed by atoms with Crippen LogP contribution in [0.4, 0.5) is 11.4 Å². The number of anilines is 2. The number of benzene rings is 2. The number of rotatable bonds is 5. The molecule has 9 heteroatoms. The van der Waals surface area contributed by atoms with Crippen molar-refractivity contribution in [2.24, 2.45) is 0 Å². The fourth-order valence-corrected chi connectivity index (χ4v) is 4.61. The van der Waals surface area contributed by atoms with Crippen molar-refractivity contribution in [3.8, 4) is 0 Å². The Morgan fingerprint density at radius 3 is 2.15 bits per heavy atom. The van der Waals surface area contributed by atoms with Gasteiger partial charge < -0.3 is 14.7 Å². The monoisotopic (exact) mass is 396 g/mol. The molecule has 3 rings (SSSR count). The van der Waals surface area contributed by atoms with Gasteiger partial charge in [0.25, 0.3) is 10.0 Å². The molecule has 0 amide bonds. The number of nitrogens with zero attached hydrogens (tertiary/aromatic N) is 1. The topological polar surface area (TPSA) is 107 Å². The maximum atomic E-state index is 12.7. The van der Waals surface area contributed by atoms with E-state index in [0.29, 0.717) is 5.69 Å². The maximum absolute atomic E-state index is 12.7. The molecule has 0 radical (unpaired) electrons. The van der Waals surface area contributed by atoms with Gasteiger partial charge in [0.15, 0.2) is 0 Å². The SMILES string of the molecule is O=P(O)(O)c1ccc(S(=O)(=O)Nc2ccccc2N2CCCCC2)cc1. The fraction of sp³-hybridized carbons (Fsp3) is 0.294. The lowest BCUT2D eigenvalue weighted by molar-refractivity contribution is 0.387. The Bertz CT molecular complexity index is 918. The summed E-state index contributed by atoms with van der Waals surface area (Å²) in [4.78, 5) is 20.4. The van der Waals surface area contributed by atoms with Gasteiger partial charge in [0.1, 0.15) is 0 Å². The van der Waals surface area contributed by atoms with E-state index >= 15 is 0 Å². The number of nitrogens with one attached hydrogen (secondary N) is 1. The minimum absolute atomic E-state index is 0.0526. The predicted octanol–water partition coefficient (Wildman–Crippen LogP) is 2.28. The molecule has 1 fully saturated rings. The first-order valence-electron chi connectivity index (χ1n) is 8.30. The molecular formula is C17H21N2O5PS. The highest BCUT2D eigenvalue weighted by Crippen LogP contribution is 2.34. The van der Waals surface area contributed by atoms with Crippen LogP contribution < -0.4 is 14.9 Å². The van der Waals surface area contributed by atoms with E-state index in [1.807, 2.05) is 12.1 Å². The zero-order valence-corrected chi connectivity index (χ0v) is 15.8. The molecule has 2 aromatic rings. The average Bonchev–Trinajstić information content (AvgIpc) is 2.62. The van der Waals surface area contributed by atoms with Gasteiger partial charge in [0.2, 0.25) is 0 Å². The molecule has 26 heavy (non-hydrogen) atoms. The van der Waals surface area contributed by atoms with Crippen LogP contribution in [0.2, 0.25) is 0 Å². The van der Waals surface area contributed by atoms with Crippen molar-refractivity contribution >= 4 is 34.3 Å². The van der Waals surface area contributed by atoms with Crippen molar-refractivity contribution in [1.82, 2.24) is 0 Å². The highest BCUT2D eigenvalue weighted by atomic mass is 32.2. The van der Waals surface area contributed by atoms with Crippen LogP contribution in [0.3, 0.4) is 0 Å². The van der Waals surface area contributed by atoms with E-state index in [1.165, 1.54) is 18.6 Å². The zero-order chi connectivity index (χ0) is 18.8. The summed E-state index contributed by atoms with van der Waals surface area (Å²) in [5.74, 6) is 0. The molecule has 1 heterocycles. The largest absolute Gasteiger partial charge is 0.370 e. The van der Waals surface area contributed by atoms with E-state index in [2.05, 4.69) is 9.62 Å². The third kappa shape index (κ3) is 4.27. The molecule has 3 N–H and O–H groups in total. The average molecular weight is 396 g/mol. The minimum Gasteiger partial charge on any atom is -0.370 e. The zero-order valence-electron chi connectivity index (χ0n) is 14.1. The van der Waals surface area contributed by atoms with Gasteiger partial charge >= 0.3 is 7.60 Å². The highest BCUT2D eigenvalue weighted by molar-refractivity contribution is 7.92. The van der Waals surface area contributed by atoms with Crippen LogP contribution in [0.15, 0.2) is 53.4 Å². The van der Waals surface area contributed by atoms with E-state index in [4.69, 9.17) is 9.79 Å². The molecule has 0 saturated carbocycles. The van der Waals surface area contributed by atoms with Gasteiger partial charge in [-0.2, -0.15) is 0 Å². The smallest absolute Gasteiger partial charge is 0.356 e.